The lowest BCUT2D eigenvalue weighted by molar-refractivity contribution is -0.111. The summed E-state index contributed by atoms with van der Waals surface area (Å²) in [7, 11) is 0. The van der Waals surface area contributed by atoms with Crippen molar-refractivity contribution >= 4 is 38.3 Å². The Kier molecular flexibility index (Phi) is 4.68. The monoisotopic (exact) mass is 349 g/mol. The van der Waals surface area contributed by atoms with Gasteiger partial charge in [0.15, 0.2) is 5.13 Å². The molecule has 6 heteroatoms. The maximum Gasteiger partial charge on any atom is 0.247 e. The van der Waals surface area contributed by atoms with Crippen LogP contribution in [0, 0.1) is 11.8 Å². The fraction of sp³-hybridized carbons (Fsp3) is 0.0526. The molecule has 4 N–H and O–H groups in total. The highest BCUT2D eigenvalue weighted by atomic mass is 32.1. The van der Waals surface area contributed by atoms with E-state index in [1.54, 1.807) is 12.1 Å². The molecule has 3 rings (SSSR count). The molecule has 124 valence electrons. The third-order valence-electron chi connectivity index (χ3n) is 3.40. The second kappa shape index (κ2) is 7.07. The van der Waals surface area contributed by atoms with E-state index in [9.17, 15) is 9.90 Å². The van der Waals surface area contributed by atoms with Crippen LogP contribution in [-0.4, -0.2) is 16.0 Å². The lowest BCUT2D eigenvalue weighted by Gasteiger charge is -2.03. The van der Waals surface area contributed by atoms with Crippen molar-refractivity contribution in [1.82, 2.24) is 4.98 Å². The minimum atomic E-state index is -0.254. The first-order chi connectivity index (χ1) is 12.0. The molecule has 1 heterocycles. The third-order valence-corrected chi connectivity index (χ3v) is 4.23. The first kappa shape index (κ1) is 16.6. The number of phenols is 1. The van der Waals surface area contributed by atoms with Crippen LogP contribution in [0.25, 0.3) is 10.2 Å². The molecule has 5 nitrogen and oxygen atoms in total. The van der Waals surface area contributed by atoms with Crippen LogP contribution in [0.15, 0.2) is 49.1 Å². The highest BCUT2D eigenvalue weighted by Crippen LogP contribution is 2.31. The van der Waals surface area contributed by atoms with Gasteiger partial charge >= 0.3 is 0 Å². The molecule has 0 saturated carbocycles. The van der Waals surface area contributed by atoms with Crippen molar-refractivity contribution in [3.8, 4) is 17.6 Å². The van der Waals surface area contributed by atoms with Gasteiger partial charge < -0.3 is 16.2 Å². The SMILES string of the molecule is C=CC(=O)Nc1cccc(CC#Cc2cc(O)c3nc(N)sc3c2)c1. The molecule has 0 aliphatic carbocycles. The number of phenolic OH excluding ortho intramolecular Hbond substituents is 1. The van der Waals surface area contributed by atoms with E-state index >= 15 is 0 Å². The molecule has 25 heavy (non-hydrogen) atoms. The smallest absolute Gasteiger partial charge is 0.247 e. The van der Waals surface area contributed by atoms with Crippen LogP contribution >= 0.6 is 11.3 Å². The Balaban J connectivity index is 1.77. The maximum atomic E-state index is 11.3. The van der Waals surface area contributed by atoms with Gasteiger partial charge in [-0.25, -0.2) is 4.98 Å². The number of fused-ring (bicyclic) bond motifs is 1. The molecule has 0 fully saturated rings. The summed E-state index contributed by atoms with van der Waals surface area (Å²) in [4.78, 5) is 15.4. The van der Waals surface area contributed by atoms with Gasteiger partial charge in [-0.05, 0) is 35.9 Å². The van der Waals surface area contributed by atoms with Crippen LogP contribution in [-0.2, 0) is 11.2 Å². The van der Waals surface area contributed by atoms with E-state index in [1.807, 2.05) is 24.3 Å². The van der Waals surface area contributed by atoms with Crippen LogP contribution in [0.2, 0.25) is 0 Å². The van der Waals surface area contributed by atoms with E-state index in [1.165, 1.54) is 17.4 Å². The molecule has 1 amide bonds. The molecule has 0 aliphatic rings. The number of nitrogens with zero attached hydrogens (tertiary/aromatic N) is 1. The fourth-order valence-electron chi connectivity index (χ4n) is 2.30. The van der Waals surface area contributed by atoms with Gasteiger partial charge in [0.1, 0.15) is 11.3 Å². The predicted molar refractivity (Wildman–Crippen MR) is 102 cm³/mol. The lowest BCUT2D eigenvalue weighted by Crippen LogP contribution is -2.07. The number of anilines is 2. The summed E-state index contributed by atoms with van der Waals surface area (Å²) in [6, 6.07) is 10.9. The van der Waals surface area contributed by atoms with Gasteiger partial charge in [-0.1, -0.05) is 41.9 Å². The van der Waals surface area contributed by atoms with Gasteiger partial charge in [-0.15, -0.1) is 0 Å². The molecule has 0 unspecified atom stereocenters. The molecule has 2 aromatic carbocycles. The highest BCUT2D eigenvalue weighted by molar-refractivity contribution is 7.22. The molecule has 1 aromatic heterocycles. The zero-order valence-electron chi connectivity index (χ0n) is 13.2. The van der Waals surface area contributed by atoms with E-state index in [4.69, 9.17) is 5.73 Å². The summed E-state index contributed by atoms with van der Waals surface area (Å²) >= 11 is 1.31. The molecule has 0 spiro atoms. The minimum absolute atomic E-state index is 0.0730. The molecular formula is C19H15N3O2S. The van der Waals surface area contributed by atoms with Gasteiger partial charge in [-0.2, -0.15) is 0 Å². The summed E-state index contributed by atoms with van der Waals surface area (Å²) in [5.41, 5.74) is 8.54. The molecule has 0 saturated heterocycles. The zero-order valence-corrected chi connectivity index (χ0v) is 14.1. The zero-order chi connectivity index (χ0) is 17.8. The van der Waals surface area contributed by atoms with Crippen molar-refractivity contribution in [2.24, 2.45) is 0 Å². The number of benzene rings is 2. The lowest BCUT2D eigenvalue weighted by atomic mass is 10.1. The Labute approximate surface area is 148 Å². The van der Waals surface area contributed by atoms with Crippen molar-refractivity contribution in [2.75, 3.05) is 11.1 Å². The standard InChI is InChI=1S/C19H15N3O2S/c1-2-17(24)21-14-8-4-6-12(9-14)5-3-7-13-10-15(23)18-16(11-13)25-19(20)22-18/h2,4,6,8-11,23H,1,5H2,(H2,20,22)(H,21,24). The van der Waals surface area contributed by atoms with Gasteiger partial charge in [0, 0.05) is 17.7 Å². The van der Waals surface area contributed by atoms with Gasteiger partial charge in [0.05, 0.1) is 4.70 Å². The first-order valence-electron chi connectivity index (χ1n) is 7.45. The van der Waals surface area contributed by atoms with Crippen molar-refractivity contribution in [2.45, 2.75) is 6.42 Å². The fourth-order valence-corrected chi connectivity index (χ4v) is 3.10. The van der Waals surface area contributed by atoms with Crippen LogP contribution < -0.4 is 11.1 Å². The topological polar surface area (TPSA) is 88.2 Å². The van der Waals surface area contributed by atoms with Crippen molar-refractivity contribution in [1.29, 1.82) is 0 Å². The quantitative estimate of drug-likeness (QED) is 0.500. The average Bonchev–Trinajstić information content (AvgIpc) is 2.96. The van der Waals surface area contributed by atoms with Crippen LogP contribution in [0.3, 0.4) is 0 Å². The van der Waals surface area contributed by atoms with Crippen LogP contribution in [0.5, 0.6) is 5.75 Å². The van der Waals surface area contributed by atoms with Crippen molar-refractivity contribution in [3.63, 3.8) is 0 Å². The number of rotatable bonds is 3. The molecule has 0 aliphatic heterocycles. The Morgan fingerprint density at radius 2 is 2.24 bits per heavy atom. The van der Waals surface area contributed by atoms with E-state index in [0.717, 1.165) is 10.3 Å². The summed E-state index contributed by atoms with van der Waals surface area (Å²) in [5, 5.41) is 13.1. The Hall–Kier alpha value is -3.30. The largest absolute Gasteiger partial charge is 0.506 e. The van der Waals surface area contributed by atoms with Gasteiger partial charge in [0.2, 0.25) is 5.91 Å². The van der Waals surface area contributed by atoms with E-state index in [-0.39, 0.29) is 11.7 Å². The number of carbonyl (C=O) groups excluding carboxylic acids is 1. The van der Waals surface area contributed by atoms with Gasteiger partial charge in [-0.3, -0.25) is 4.79 Å². The number of aromatic nitrogens is 1. The second-order valence-electron chi connectivity index (χ2n) is 5.27. The number of hydrogen-bond acceptors (Lipinski definition) is 5. The predicted octanol–water partition coefficient (Wildman–Crippen LogP) is 3.30. The molecule has 0 bridgehead atoms. The van der Waals surface area contributed by atoms with Crippen molar-refractivity contribution in [3.05, 3.63) is 60.2 Å². The van der Waals surface area contributed by atoms with Crippen LogP contribution in [0.4, 0.5) is 10.8 Å². The van der Waals surface area contributed by atoms with E-state index in [2.05, 4.69) is 28.7 Å². The Morgan fingerprint density at radius 3 is 3.04 bits per heavy atom. The molecule has 3 aromatic rings. The third kappa shape index (κ3) is 3.97. The highest BCUT2D eigenvalue weighted by Gasteiger charge is 2.07. The number of hydrogen-bond donors (Lipinski definition) is 3. The number of aromatic hydroxyl groups is 1. The van der Waals surface area contributed by atoms with E-state index < -0.39 is 0 Å². The van der Waals surface area contributed by atoms with Crippen molar-refractivity contribution < 1.29 is 9.90 Å². The normalized spacial score (nSPS) is 10.1. The number of nitrogens with one attached hydrogen (secondary N) is 1. The van der Waals surface area contributed by atoms with Crippen LogP contribution in [0.1, 0.15) is 11.1 Å². The number of thiazole rings is 1. The summed E-state index contributed by atoms with van der Waals surface area (Å²) in [6.07, 6.45) is 1.74. The summed E-state index contributed by atoms with van der Waals surface area (Å²) in [5.74, 6) is 5.92. The Bertz CT molecular complexity index is 1030. The first-order valence-corrected chi connectivity index (χ1v) is 8.27. The summed E-state index contributed by atoms with van der Waals surface area (Å²) in [6.45, 7) is 3.43. The Morgan fingerprint density at radius 1 is 1.40 bits per heavy atom. The molecule has 0 radical (unpaired) electrons. The minimum Gasteiger partial charge on any atom is -0.506 e. The maximum absolute atomic E-state index is 11.3. The molecule has 0 atom stereocenters. The molecular weight excluding hydrogens is 334 g/mol. The summed E-state index contributed by atoms with van der Waals surface area (Å²) < 4.78 is 0.802. The average molecular weight is 349 g/mol. The number of nitrogens with two attached hydrogens (primary N) is 1. The number of amides is 1. The van der Waals surface area contributed by atoms with E-state index in [0.29, 0.717) is 28.3 Å². The number of nitrogen functional groups attached to an aromatic ring is 1. The van der Waals surface area contributed by atoms with Gasteiger partial charge in [0.25, 0.3) is 0 Å². The second-order valence-corrected chi connectivity index (χ2v) is 6.33. The number of carbonyl (C=O) groups is 1.